The molecule has 1 atom stereocenters. The molecule has 154 valence electrons. The molecule has 0 spiro atoms. The van der Waals surface area contributed by atoms with Gasteiger partial charge in [0, 0.05) is 23.7 Å². The molecule has 0 saturated heterocycles. The second-order valence-corrected chi connectivity index (χ2v) is 9.18. The normalized spacial score (nSPS) is 18.3. The number of anilines is 2. The second kappa shape index (κ2) is 7.26. The van der Waals surface area contributed by atoms with Crippen LogP contribution in [0.15, 0.2) is 41.3 Å². The van der Waals surface area contributed by atoms with E-state index in [9.17, 15) is 13.2 Å². The Morgan fingerprint density at radius 1 is 1.10 bits per heavy atom. The van der Waals surface area contributed by atoms with Gasteiger partial charge in [0.1, 0.15) is 11.5 Å². The summed E-state index contributed by atoms with van der Waals surface area (Å²) in [7, 11) is -0.856. The molecule has 1 amide bonds. The first-order valence-electron chi connectivity index (χ1n) is 9.55. The van der Waals surface area contributed by atoms with Crippen LogP contribution in [0.4, 0.5) is 11.4 Å². The van der Waals surface area contributed by atoms with Crippen LogP contribution in [0.1, 0.15) is 25.3 Å². The molecule has 1 heterocycles. The number of amides is 1. The van der Waals surface area contributed by atoms with Gasteiger partial charge in [-0.1, -0.05) is 0 Å². The van der Waals surface area contributed by atoms with Gasteiger partial charge in [0.05, 0.1) is 24.8 Å². The molecule has 2 aromatic rings. The van der Waals surface area contributed by atoms with Crippen LogP contribution in [0.3, 0.4) is 0 Å². The molecule has 1 fully saturated rings. The van der Waals surface area contributed by atoms with Crippen LogP contribution in [-0.4, -0.2) is 34.6 Å². The zero-order valence-corrected chi connectivity index (χ0v) is 17.5. The lowest BCUT2D eigenvalue weighted by Gasteiger charge is -2.22. The summed E-state index contributed by atoms with van der Waals surface area (Å²) in [5, 5.41) is 0. The number of rotatable bonds is 6. The van der Waals surface area contributed by atoms with Crippen molar-refractivity contribution < 1.29 is 22.7 Å². The van der Waals surface area contributed by atoms with E-state index in [2.05, 4.69) is 4.72 Å². The number of nitrogens with one attached hydrogen (secondary N) is 1. The molecule has 29 heavy (non-hydrogen) atoms. The Bertz CT molecular complexity index is 1060. The SMILES string of the molecule is COc1ccc(OC)c(NS(=O)(=O)c2ccc3c(c2)CC(C)N3C(=O)C2CC2)c1. The van der Waals surface area contributed by atoms with Crippen molar-refractivity contribution in [1.29, 1.82) is 0 Å². The maximum atomic E-state index is 13.0. The van der Waals surface area contributed by atoms with Gasteiger partial charge in [0.2, 0.25) is 5.91 Å². The smallest absolute Gasteiger partial charge is 0.262 e. The van der Waals surface area contributed by atoms with Crippen LogP contribution in [-0.2, 0) is 21.2 Å². The number of fused-ring (bicyclic) bond motifs is 1. The van der Waals surface area contributed by atoms with Crippen LogP contribution in [0.25, 0.3) is 0 Å². The van der Waals surface area contributed by atoms with Crippen molar-refractivity contribution in [2.75, 3.05) is 23.8 Å². The lowest BCUT2D eigenvalue weighted by Crippen LogP contribution is -2.36. The van der Waals surface area contributed by atoms with Crippen molar-refractivity contribution in [1.82, 2.24) is 0 Å². The van der Waals surface area contributed by atoms with E-state index in [0.717, 1.165) is 24.1 Å². The Morgan fingerprint density at radius 2 is 1.86 bits per heavy atom. The molecule has 1 N–H and O–H groups in total. The fourth-order valence-corrected chi connectivity index (χ4v) is 4.85. The number of hydrogen-bond acceptors (Lipinski definition) is 5. The average molecular weight is 416 g/mol. The van der Waals surface area contributed by atoms with Crippen molar-refractivity contribution >= 4 is 27.3 Å². The van der Waals surface area contributed by atoms with E-state index < -0.39 is 10.0 Å². The number of methoxy groups -OCH3 is 2. The predicted molar refractivity (Wildman–Crippen MR) is 110 cm³/mol. The Balaban J connectivity index is 1.64. The number of carbonyl (C=O) groups is 1. The largest absolute Gasteiger partial charge is 0.497 e. The van der Waals surface area contributed by atoms with Gasteiger partial charge in [0.25, 0.3) is 10.0 Å². The summed E-state index contributed by atoms with van der Waals surface area (Å²) in [5.41, 5.74) is 1.98. The summed E-state index contributed by atoms with van der Waals surface area (Å²) in [5.74, 6) is 1.17. The molecule has 7 nitrogen and oxygen atoms in total. The molecule has 0 aromatic heterocycles. The van der Waals surface area contributed by atoms with E-state index in [1.165, 1.54) is 14.2 Å². The molecular weight excluding hydrogens is 392 g/mol. The Labute approximate surface area is 170 Å². The van der Waals surface area contributed by atoms with Gasteiger partial charge >= 0.3 is 0 Å². The summed E-state index contributed by atoms with van der Waals surface area (Å²) >= 11 is 0. The van der Waals surface area contributed by atoms with E-state index in [1.54, 1.807) is 36.4 Å². The van der Waals surface area contributed by atoms with E-state index >= 15 is 0 Å². The first kappa shape index (κ1) is 19.6. The summed E-state index contributed by atoms with van der Waals surface area (Å²) in [4.78, 5) is 14.6. The highest BCUT2D eigenvalue weighted by Crippen LogP contribution is 2.40. The number of nitrogens with zero attached hydrogens (tertiary/aromatic N) is 1. The minimum atomic E-state index is -3.84. The number of sulfonamides is 1. The monoisotopic (exact) mass is 416 g/mol. The molecule has 0 bridgehead atoms. The van der Waals surface area contributed by atoms with Crippen LogP contribution in [0.5, 0.6) is 11.5 Å². The van der Waals surface area contributed by atoms with Gasteiger partial charge in [-0.05, 0) is 62.1 Å². The Morgan fingerprint density at radius 3 is 2.52 bits per heavy atom. The Kier molecular flexibility index (Phi) is 4.90. The van der Waals surface area contributed by atoms with Crippen molar-refractivity contribution in [2.45, 2.75) is 37.1 Å². The predicted octanol–water partition coefficient (Wildman–Crippen LogP) is 3.19. The first-order chi connectivity index (χ1) is 13.8. The van der Waals surface area contributed by atoms with Gasteiger partial charge in [-0.15, -0.1) is 0 Å². The number of ether oxygens (including phenoxy) is 2. The maximum Gasteiger partial charge on any atom is 0.262 e. The zero-order valence-electron chi connectivity index (χ0n) is 16.6. The van der Waals surface area contributed by atoms with E-state index in [4.69, 9.17) is 9.47 Å². The first-order valence-corrected chi connectivity index (χ1v) is 11.0. The van der Waals surface area contributed by atoms with Gasteiger partial charge in [-0.3, -0.25) is 9.52 Å². The lowest BCUT2D eigenvalue weighted by molar-refractivity contribution is -0.120. The van der Waals surface area contributed by atoms with E-state index in [0.29, 0.717) is 23.6 Å². The van der Waals surface area contributed by atoms with E-state index in [-0.39, 0.29) is 22.8 Å². The van der Waals surface area contributed by atoms with Crippen LogP contribution in [0, 0.1) is 5.92 Å². The molecular formula is C21H24N2O5S. The zero-order chi connectivity index (χ0) is 20.8. The molecule has 2 aromatic carbocycles. The average Bonchev–Trinajstić information content (AvgIpc) is 3.49. The standard InChI is InChI=1S/C21H24N2O5S/c1-13-10-15-11-17(7-8-19(15)23(13)21(24)14-4-5-14)29(25,26)22-18-12-16(27-2)6-9-20(18)28-3/h6-9,11-14,22H,4-5,10H2,1-3H3. The lowest BCUT2D eigenvalue weighted by atomic mass is 10.1. The van der Waals surface area contributed by atoms with Crippen LogP contribution in [0.2, 0.25) is 0 Å². The third-order valence-corrected chi connectivity index (χ3v) is 6.76. The third kappa shape index (κ3) is 3.64. The fourth-order valence-electron chi connectivity index (χ4n) is 3.73. The highest BCUT2D eigenvalue weighted by molar-refractivity contribution is 7.92. The molecule has 4 rings (SSSR count). The van der Waals surface area contributed by atoms with Crippen molar-refractivity contribution in [3.8, 4) is 11.5 Å². The fraction of sp³-hybridized carbons (Fsp3) is 0.381. The molecule has 1 aliphatic carbocycles. The topological polar surface area (TPSA) is 84.9 Å². The van der Waals surface area contributed by atoms with E-state index in [1.807, 2.05) is 11.8 Å². The quantitative estimate of drug-likeness (QED) is 0.782. The number of benzene rings is 2. The minimum Gasteiger partial charge on any atom is -0.497 e. The molecule has 1 aliphatic heterocycles. The highest BCUT2D eigenvalue weighted by atomic mass is 32.2. The second-order valence-electron chi connectivity index (χ2n) is 7.50. The maximum absolute atomic E-state index is 13.0. The van der Waals surface area contributed by atoms with Crippen molar-refractivity contribution in [3.05, 3.63) is 42.0 Å². The third-order valence-electron chi connectivity index (χ3n) is 5.39. The number of hydrogen-bond donors (Lipinski definition) is 1. The van der Waals surface area contributed by atoms with Crippen LogP contribution < -0.4 is 19.1 Å². The summed E-state index contributed by atoms with van der Waals surface area (Å²) in [6.07, 6.45) is 2.52. The molecule has 8 heteroatoms. The van der Waals surface area contributed by atoms with Gasteiger partial charge in [-0.25, -0.2) is 8.42 Å². The van der Waals surface area contributed by atoms with Crippen LogP contribution >= 0.6 is 0 Å². The molecule has 1 saturated carbocycles. The Hall–Kier alpha value is -2.74. The number of carbonyl (C=O) groups excluding carboxylic acids is 1. The molecule has 2 aliphatic rings. The summed E-state index contributed by atoms with van der Waals surface area (Å²) in [6.45, 7) is 1.99. The van der Waals surface area contributed by atoms with Crippen molar-refractivity contribution in [2.24, 2.45) is 5.92 Å². The molecule has 1 unspecified atom stereocenters. The van der Waals surface area contributed by atoms with Gasteiger partial charge in [-0.2, -0.15) is 0 Å². The van der Waals surface area contributed by atoms with Crippen molar-refractivity contribution in [3.63, 3.8) is 0 Å². The summed E-state index contributed by atoms with van der Waals surface area (Å²) in [6, 6.07) is 9.86. The molecule has 0 radical (unpaired) electrons. The highest BCUT2D eigenvalue weighted by Gasteiger charge is 2.39. The van der Waals surface area contributed by atoms with Gasteiger partial charge < -0.3 is 14.4 Å². The summed E-state index contributed by atoms with van der Waals surface area (Å²) < 4.78 is 39.0. The minimum absolute atomic E-state index is 0.0301. The van der Waals surface area contributed by atoms with Gasteiger partial charge in [0.15, 0.2) is 0 Å².